The zero-order valence-electron chi connectivity index (χ0n) is 13.7. The second-order valence-electron chi connectivity index (χ2n) is 6.98. The standard InChI is InChI=1S/C16H28F2N2O2/c1-10-8-14(12(3)22-10)9-19-15(21)20-11(2)13-4-6-16(17,18)7-5-13/h10-14H,4-9H2,1-3H3,(H2,19,20,21). The number of nitrogens with one attached hydrogen (secondary N) is 2. The van der Waals surface area contributed by atoms with Crippen LogP contribution in [0.3, 0.4) is 0 Å². The van der Waals surface area contributed by atoms with Crippen LogP contribution in [0.2, 0.25) is 0 Å². The maximum Gasteiger partial charge on any atom is 0.315 e. The number of carbonyl (C=O) groups excluding carboxylic acids is 1. The molecule has 1 saturated carbocycles. The minimum absolute atomic E-state index is 0.0693. The molecule has 0 aromatic heterocycles. The zero-order chi connectivity index (χ0) is 16.3. The lowest BCUT2D eigenvalue weighted by molar-refractivity contribution is -0.0484. The highest BCUT2D eigenvalue weighted by Crippen LogP contribution is 2.37. The third-order valence-corrected chi connectivity index (χ3v) is 5.10. The Bertz CT molecular complexity index is 382. The van der Waals surface area contributed by atoms with E-state index in [1.807, 2.05) is 20.8 Å². The second kappa shape index (κ2) is 7.11. The summed E-state index contributed by atoms with van der Waals surface area (Å²) in [6.45, 7) is 6.56. The smallest absolute Gasteiger partial charge is 0.315 e. The van der Waals surface area contributed by atoms with Crippen LogP contribution in [0.25, 0.3) is 0 Å². The van der Waals surface area contributed by atoms with Crippen molar-refractivity contribution in [1.29, 1.82) is 0 Å². The molecule has 0 bridgehead atoms. The molecule has 4 nitrogen and oxygen atoms in total. The Morgan fingerprint density at radius 3 is 2.50 bits per heavy atom. The molecule has 22 heavy (non-hydrogen) atoms. The van der Waals surface area contributed by atoms with Gasteiger partial charge in [0, 0.05) is 31.3 Å². The molecule has 0 aromatic rings. The van der Waals surface area contributed by atoms with Crippen LogP contribution in [0.15, 0.2) is 0 Å². The summed E-state index contributed by atoms with van der Waals surface area (Å²) in [6.07, 6.45) is 2.16. The fraction of sp³-hybridized carbons (Fsp3) is 0.938. The monoisotopic (exact) mass is 318 g/mol. The summed E-state index contributed by atoms with van der Waals surface area (Å²) in [5.74, 6) is -2.04. The van der Waals surface area contributed by atoms with Crippen LogP contribution in [-0.2, 0) is 4.74 Å². The molecule has 2 N–H and O–H groups in total. The molecule has 0 aromatic carbocycles. The summed E-state index contributed by atoms with van der Waals surface area (Å²) >= 11 is 0. The molecule has 1 aliphatic carbocycles. The molecule has 0 spiro atoms. The van der Waals surface area contributed by atoms with Crippen LogP contribution in [0.1, 0.15) is 52.9 Å². The van der Waals surface area contributed by atoms with Gasteiger partial charge in [0.15, 0.2) is 0 Å². The number of hydrogen-bond acceptors (Lipinski definition) is 2. The molecule has 4 atom stereocenters. The molecule has 2 rings (SSSR count). The van der Waals surface area contributed by atoms with Gasteiger partial charge in [0.1, 0.15) is 0 Å². The lowest BCUT2D eigenvalue weighted by Crippen LogP contribution is -2.47. The number of rotatable bonds is 4. The molecule has 2 amide bonds. The van der Waals surface area contributed by atoms with Crippen LogP contribution < -0.4 is 10.6 Å². The summed E-state index contributed by atoms with van der Waals surface area (Å²) in [6, 6.07) is -0.288. The molecule has 6 heteroatoms. The van der Waals surface area contributed by atoms with Crippen LogP contribution in [-0.4, -0.2) is 36.7 Å². The van der Waals surface area contributed by atoms with E-state index in [0.29, 0.717) is 25.3 Å². The highest BCUT2D eigenvalue weighted by atomic mass is 19.3. The SMILES string of the molecule is CC1CC(CNC(=O)NC(C)C2CCC(F)(F)CC2)C(C)O1. The van der Waals surface area contributed by atoms with Gasteiger partial charge in [0.25, 0.3) is 0 Å². The van der Waals surface area contributed by atoms with E-state index < -0.39 is 5.92 Å². The molecule has 4 unspecified atom stereocenters. The quantitative estimate of drug-likeness (QED) is 0.835. The molecule has 2 aliphatic rings. The van der Waals surface area contributed by atoms with E-state index in [-0.39, 0.29) is 43.0 Å². The van der Waals surface area contributed by atoms with Crippen molar-refractivity contribution in [3.05, 3.63) is 0 Å². The molecule has 1 aliphatic heterocycles. The third kappa shape index (κ3) is 4.80. The van der Waals surface area contributed by atoms with Crippen LogP contribution in [0, 0.1) is 11.8 Å². The highest BCUT2D eigenvalue weighted by Gasteiger charge is 2.37. The number of alkyl halides is 2. The Balaban J connectivity index is 1.68. The number of halogens is 2. The van der Waals surface area contributed by atoms with E-state index in [0.717, 1.165) is 6.42 Å². The first-order valence-electron chi connectivity index (χ1n) is 8.34. The zero-order valence-corrected chi connectivity index (χ0v) is 13.7. The van der Waals surface area contributed by atoms with Crippen molar-refractivity contribution in [2.24, 2.45) is 11.8 Å². The average molecular weight is 318 g/mol. The predicted molar refractivity (Wildman–Crippen MR) is 81.0 cm³/mol. The number of ether oxygens (including phenoxy) is 1. The minimum Gasteiger partial charge on any atom is -0.375 e. The molecule has 1 saturated heterocycles. The van der Waals surface area contributed by atoms with Gasteiger partial charge in [-0.15, -0.1) is 0 Å². The maximum atomic E-state index is 13.2. The Kier molecular flexibility index (Phi) is 5.64. The first-order chi connectivity index (χ1) is 10.3. The minimum atomic E-state index is -2.52. The van der Waals surface area contributed by atoms with Gasteiger partial charge in [-0.05, 0) is 46.0 Å². The normalized spacial score (nSPS) is 33.4. The summed E-state index contributed by atoms with van der Waals surface area (Å²) in [7, 11) is 0. The van der Waals surface area contributed by atoms with Gasteiger partial charge < -0.3 is 15.4 Å². The van der Waals surface area contributed by atoms with Crippen molar-refractivity contribution < 1.29 is 18.3 Å². The lowest BCUT2D eigenvalue weighted by atomic mass is 9.83. The molecule has 2 fully saturated rings. The van der Waals surface area contributed by atoms with E-state index in [1.54, 1.807) is 0 Å². The van der Waals surface area contributed by atoms with Crippen LogP contribution >= 0.6 is 0 Å². The van der Waals surface area contributed by atoms with Crippen LogP contribution in [0.4, 0.5) is 13.6 Å². The number of hydrogen-bond donors (Lipinski definition) is 2. The van der Waals surface area contributed by atoms with Crippen LogP contribution in [0.5, 0.6) is 0 Å². The molecular weight excluding hydrogens is 290 g/mol. The van der Waals surface area contributed by atoms with Gasteiger partial charge in [-0.3, -0.25) is 0 Å². The fourth-order valence-corrected chi connectivity index (χ4v) is 3.56. The van der Waals surface area contributed by atoms with Crippen molar-refractivity contribution in [2.75, 3.05) is 6.54 Å². The summed E-state index contributed by atoms with van der Waals surface area (Å²) in [5, 5.41) is 5.77. The second-order valence-corrected chi connectivity index (χ2v) is 6.98. The van der Waals surface area contributed by atoms with Crippen molar-refractivity contribution in [2.45, 2.75) is 77.0 Å². The van der Waals surface area contributed by atoms with E-state index in [2.05, 4.69) is 10.6 Å². The maximum absolute atomic E-state index is 13.2. The number of carbonyl (C=O) groups is 1. The van der Waals surface area contributed by atoms with Crippen molar-refractivity contribution in [3.63, 3.8) is 0 Å². The van der Waals surface area contributed by atoms with E-state index >= 15 is 0 Å². The largest absolute Gasteiger partial charge is 0.375 e. The van der Waals surface area contributed by atoms with Gasteiger partial charge in [0.2, 0.25) is 5.92 Å². The van der Waals surface area contributed by atoms with Gasteiger partial charge in [-0.1, -0.05) is 0 Å². The van der Waals surface area contributed by atoms with Gasteiger partial charge in [0.05, 0.1) is 12.2 Å². The lowest BCUT2D eigenvalue weighted by Gasteiger charge is -2.32. The number of amides is 2. The van der Waals surface area contributed by atoms with Gasteiger partial charge >= 0.3 is 6.03 Å². The average Bonchev–Trinajstić information content (AvgIpc) is 2.74. The Morgan fingerprint density at radius 1 is 1.32 bits per heavy atom. The summed E-state index contributed by atoms with van der Waals surface area (Å²) < 4.78 is 32.0. The molecule has 1 heterocycles. The van der Waals surface area contributed by atoms with Crippen molar-refractivity contribution in [3.8, 4) is 0 Å². The van der Waals surface area contributed by atoms with Gasteiger partial charge in [-0.25, -0.2) is 13.6 Å². The van der Waals surface area contributed by atoms with Crippen molar-refractivity contribution in [1.82, 2.24) is 10.6 Å². The first kappa shape index (κ1) is 17.4. The van der Waals surface area contributed by atoms with E-state index in [1.165, 1.54) is 0 Å². The van der Waals surface area contributed by atoms with E-state index in [4.69, 9.17) is 4.74 Å². The first-order valence-corrected chi connectivity index (χ1v) is 8.34. The highest BCUT2D eigenvalue weighted by molar-refractivity contribution is 5.74. The summed E-state index contributed by atoms with van der Waals surface area (Å²) in [4.78, 5) is 12.0. The van der Waals surface area contributed by atoms with E-state index in [9.17, 15) is 13.6 Å². The molecular formula is C16H28F2N2O2. The fourth-order valence-electron chi connectivity index (χ4n) is 3.56. The van der Waals surface area contributed by atoms with Gasteiger partial charge in [-0.2, -0.15) is 0 Å². The molecule has 128 valence electrons. The predicted octanol–water partition coefficient (Wildman–Crippen LogP) is 3.31. The third-order valence-electron chi connectivity index (χ3n) is 5.10. The van der Waals surface area contributed by atoms with Crippen molar-refractivity contribution >= 4 is 6.03 Å². The molecule has 0 radical (unpaired) electrons. The Morgan fingerprint density at radius 2 is 1.95 bits per heavy atom. The summed E-state index contributed by atoms with van der Waals surface area (Å²) in [5.41, 5.74) is 0. The topological polar surface area (TPSA) is 50.4 Å². The Hall–Kier alpha value is -0.910. The Labute approximate surface area is 131 Å². The number of urea groups is 1.